The molecule has 1 aliphatic rings. The minimum atomic E-state index is -3.52. The van der Waals surface area contributed by atoms with Crippen molar-refractivity contribution in [2.75, 3.05) is 26.7 Å². The van der Waals surface area contributed by atoms with Gasteiger partial charge in [0.05, 0.1) is 18.6 Å². The van der Waals surface area contributed by atoms with Crippen LogP contribution in [0.3, 0.4) is 0 Å². The highest BCUT2D eigenvalue weighted by atomic mass is 32.2. The van der Waals surface area contributed by atoms with Crippen LogP contribution in [0.5, 0.6) is 5.75 Å². The SMILES string of the molecule is COc1ccc(CNCC(=O)c2cccc(S(=O)(=O)N3CCCC3)c2)cc1. The van der Waals surface area contributed by atoms with E-state index in [-0.39, 0.29) is 17.2 Å². The molecule has 3 rings (SSSR count). The molecule has 1 heterocycles. The van der Waals surface area contributed by atoms with Crippen LogP contribution in [-0.2, 0) is 16.6 Å². The Morgan fingerprint density at radius 1 is 1.11 bits per heavy atom. The van der Waals surface area contributed by atoms with Crippen molar-refractivity contribution in [1.82, 2.24) is 9.62 Å². The van der Waals surface area contributed by atoms with E-state index in [1.807, 2.05) is 24.3 Å². The molecule has 1 fully saturated rings. The molecular weight excluding hydrogens is 364 g/mol. The average molecular weight is 388 g/mol. The second kappa shape index (κ2) is 8.65. The van der Waals surface area contributed by atoms with E-state index in [0.717, 1.165) is 24.2 Å². The summed E-state index contributed by atoms with van der Waals surface area (Å²) in [6.45, 7) is 1.77. The van der Waals surface area contributed by atoms with E-state index in [1.165, 1.54) is 10.4 Å². The lowest BCUT2D eigenvalue weighted by Crippen LogP contribution is -2.28. The third-order valence-corrected chi connectivity index (χ3v) is 6.53. The molecule has 1 N–H and O–H groups in total. The van der Waals surface area contributed by atoms with Gasteiger partial charge in [-0.3, -0.25) is 4.79 Å². The van der Waals surface area contributed by atoms with Crippen LogP contribution in [0.15, 0.2) is 53.4 Å². The summed E-state index contributed by atoms with van der Waals surface area (Å²) in [6.07, 6.45) is 1.76. The van der Waals surface area contributed by atoms with Crippen molar-refractivity contribution in [3.8, 4) is 5.75 Å². The lowest BCUT2D eigenvalue weighted by Gasteiger charge is -2.16. The van der Waals surface area contributed by atoms with Gasteiger partial charge in [0, 0.05) is 25.2 Å². The van der Waals surface area contributed by atoms with E-state index in [4.69, 9.17) is 4.74 Å². The topological polar surface area (TPSA) is 75.7 Å². The fraction of sp³-hybridized carbons (Fsp3) is 0.350. The minimum Gasteiger partial charge on any atom is -0.497 e. The summed E-state index contributed by atoms with van der Waals surface area (Å²) in [6, 6.07) is 13.9. The monoisotopic (exact) mass is 388 g/mol. The highest BCUT2D eigenvalue weighted by molar-refractivity contribution is 7.89. The zero-order valence-corrected chi connectivity index (χ0v) is 16.2. The molecule has 0 radical (unpaired) electrons. The van der Waals surface area contributed by atoms with Crippen LogP contribution in [0.1, 0.15) is 28.8 Å². The number of hydrogen-bond donors (Lipinski definition) is 1. The van der Waals surface area contributed by atoms with Crippen LogP contribution in [0.2, 0.25) is 0 Å². The number of methoxy groups -OCH3 is 1. The normalized spacial score (nSPS) is 15.0. The number of ketones is 1. The Balaban J connectivity index is 1.61. The van der Waals surface area contributed by atoms with Crippen LogP contribution >= 0.6 is 0 Å². The maximum Gasteiger partial charge on any atom is 0.243 e. The van der Waals surface area contributed by atoms with Crippen molar-refractivity contribution in [2.24, 2.45) is 0 Å². The molecule has 0 spiro atoms. The number of sulfonamides is 1. The lowest BCUT2D eigenvalue weighted by molar-refractivity contribution is 0.0990. The summed E-state index contributed by atoms with van der Waals surface area (Å²) in [7, 11) is -1.90. The second-order valence-electron chi connectivity index (χ2n) is 6.51. The first-order chi connectivity index (χ1) is 13.0. The van der Waals surface area contributed by atoms with Crippen molar-refractivity contribution in [1.29, 1.82) is 0 Å². The Labute approximate surface area is 160 Å². The molecule has 144 valence electrons. The third kappa shape index (κ3) is 4.74. The number of ether oxygens (including phenoxy) is 1. The van der Waals surface area contributed by atoms with Crippen molar-refractivity contribution in [2.45, 2.75) is 24.3 Å². The zero-order valence-electron chi connectivity index (χ0n) is 15.3. The maximum absolute atomic E-state index is 12.6. The fourth-order valence-electron chi connectivity index (χ4n) is 3.07. The third-order valence-electron chi connectivity index (χ3n) is 4.63. The molecule has 0 saturated carbocycles. The largest absolute Gasteiger partial charge is 0.497 e. The van der Waals surface area contributed by atoms with Gasteiger partial charge in [0.25, 0.3) is 0 Å². The van der Waals surface area contributed by atoms with E-state index < -0.39 is 10.0 Å². The average Bonchev–Trinajstić information content (AvgIpc) is 3.24. The predicted octanol–water partition coefficient (Wildman–Crippen LogP) is 2.45. The second-order valence-corrected chi connectivity index (χ2v) is 8.45. The van der Waals surface area contributed by atoms with Crippen LogP contribution in [0.25, 0.3) is 0 Å². The van der Waals surface area contributed by atoms with E-state index in [2.05, 4.69) is 5.32 Å². The molecule has 1 aliphatic heterocycles. The number of rotatable bonds is 8. The quantitative estimate of drug-likeness (QED) is 0.703. The summed E-state index contributed by atoms with van der Waals surface area (Å²) in [5.41, 5.74) is 1.44. The summed E-state index contributed by atoms with van der Waals surface area (Å²) >= 11 is 0. The summed E-state index contributed by atoms with van der Waals surface area (Å²) < 4.78 is 31.9. The number of carbonyl (C=O) groups is 1. The first kappa shape index (κ1) is 19.5. The van der Waals surface area contributed by atoms with Crippen LogP contribution < -0.4 is 10.1 Å². The van der Waals surface area contributed by atoms with Gasteiger partial charge in [0.2, 0.25) is 10.0 Å². The Hall–Kier alpha value is -2.22. The van der Waals surface area contributed by atoms with Gasteiger partial charge < -0.3 is 10.1 Å². The van der Waals surface area contributed by atoms with Gasteiger partial charge in [0.15, 0.2) is 5.78 Å². The van der Waals surface area contributed by atoms with E-state index in [1.54, 1.807) is 25.3 Å². The number of hydrogen-bond acceptors (Lipinski definition) is 5. The number of benzene rings is 2. The standard InChI is InChI=1S/C20H24N2O4S/c1-26-18-9-7-16(8-10-18)14-21-15-20(23)17-5-4-6-19(13-17)27(24,25)22-11-2-3-12-22/h4-10,13,21H,2-3,11-12,14-15H2,1H3. The lowest BCUT2D eigenvalue weighted by atomic mass is 10.1. The minimum absolute atomic E-state index is 0.137. The Morgan fingerprint density at radius 3 is 2.48 bits per heavy atom. The van der Waals surface area contributed by atoms with Gasteiger partial charge in [0.1, 0.15) is 5.75 Å². The number of Topliss-reactive ketones (excluding diaryl/α,β-unsaturated/α-hetero) is 1. The van der Waals surface area contributed by atoms with Gasteiger partial charge in [-0.25, -0.2) is 8.42 Å². The fourth-order valence-corrected chi connectivity index (χ4v) is 4.64. The zero-order chi connectivity index (χ0) is 19.3. The van der Waals surface area contributed by atoms with Crippen molar-refractivity contribution < 1.29 is 17.9 Å². The highest BCUT2D eigenvalue weighted by Crippen LogP contribution is 2.21. The number of nitrogens with one attached hydrogen (secondary N) is 1. The molecule has 0 bridgehead atoms. The molecule has 2 aromatic rings. The molecule has 2 aromatic carbocycles. The Morgan fingerprint density at radius 2 is 1.81 bits per heavy atom. The van der Waals surface area contributed by atoms with E-state index >= 15 is 0 Å². The molecule has 0 unspecified atom stereocenters. The first-order valence-corrected chi connectivity index (χ1v) is 10.4. The number of carbonyl (C=O) groups excluding carboxylic acids is 1. The molecule has 1 saturated heterocycles. The van der Waals surface area contributed by atoms with E-state index in [0.29, 0.717) is 25.2 Å². The molecule has 0 aromatic heterocycles. The highest BCUT2D eigenvalue weighted by Gasteiger charge is 2.27. The maximum atomic E-state index is 12.6. The van der Waals surface area contributed by atoms with E-state index in [9.17, 15) is 13.2 Å². The Bertz CT molecular complexity index is 888. The van der Waals surface area contributed by atoms with Gasteiger partial charge in [-0.05, 0) is 42.7 Å². The Kier molecular flexibility index (Phi) is 6.26. The predicted molar refractivity (Wildman–Crippen MR) is 103 cm³/mol. The van der Waals surface area contributed by atoms with Crippen LogP contribution in [0, 0.1) is 0 Å². The summed E-state index contributed by atoms with van der Waals surface area (Å²) in [5.74, 6) is 0.646. The summed E-state index contributed by atoms with van der Waals surface area (Å²) in [4.78, 5) is 12.6. The molecule has 0 amide bonds. The van der Waals surface area contributed by atoms with Gasteiger partial charge in [-0.15, -0.1) is 0 Å². The molecule has 6 nitrogen and oxygen atoms in total. The molecule has 27 heavy (non-hydrogen) atoms. The van der Waals surface area contributed by atoms with Crippen molar-refractivity contribution in [3.63, 3.8) is 0 Å². The van der Waals surface area contributed by atoms with Crippen LogP contribution in [-0.4, -0.2) is 45.3 Å². The van der Waals surface area contributed by atoms with Crippen molar-refractivity contribution >= 4 is 15.8 Å². The molecule has 7 heteroatoms. The molecule has 0 atom stereocenters. The van der Waals surface area contributed by atoms with Gasteiger partial charge in [-0.2, -0.15) is 4.31 Å². The molecular formula is C20H24N2O4S. The van der Waals surface area contributed by atoms with Gasteiger partial charge in [-0.1, -0.05) is 24.3 Å². The summed E-state index contributed by atoms with van der Waals surface area (Å²) in [5, 5.41) is 3.10. The molecule has 0 aliphatic carbocycles. The van der Waals surface area contributed by atoms with Gasteiger partial charge >= 0.3 is 0 Å². The van der Waals surface area contributed by atoms with Crippen molar-refractivity contribution in [3.05, 3.63) is 59.7 Å². The smallest absolute Gasteiger partial charge is 0.243 e. The number of nitrogens with zero attached hydrogens (tertiary/aromatic N) is 1. The van der Waals surface area contributed by atoms with Crippen LogP contribution in [0.4, 0.5) is 0 Å². The first-order valence-electron chi connectivity index (χ1n) is 8.98.